The Morgan fingerprint density at radius 2 is 2.08 bits per heavy atom. The number of likely N-dealkylation sites (tertiary alicyclic amines) is 1. The van der Waals surface area contributed by atoms with Gasteiger partial charge in [0.25, 0.3) is 5.56 Å². The SMILES string of the molecule is NC(=O)C1CCCN(C(=O)Cn2cnc3c(Cl)cc(Cl)cc3c2=O)C1. The molecule has 9 heteroatoms. The summed E-state index contributed by atoms with van der Waals surface area (Å²) in [7, 11) is 0. The number of piperidine rings is 1. The molecule has 25 heavy (non-hydrogen) atoms. The highest BCUT2D eigenvalue weighted by molar-refractivity contribution is 6.38. The molecule has 2 aromatic rings. The predicted octanol–water partition coefficient (Wildman–Crippen LogP) is 1.43. The normalized spacial score (nSPS) is 17.7. The highest BCUT2D eigenvalue weighted by atomic mass is 35.5. The zero-order chi connectivity index (χ0) is 18.1. The molecule has 1 saturated heterocycles. The van der Waals surface area contributed by atoms with Crippen LogP contribution in [0.4, 0.5) is 0 Å². The number of hydrogen-bond acceptors (Lipinski definition) is 4. The van der Waals surface area contributed by atoms with Crippen LogP contribution in [0, 0.1) is 5.92 Å². The number of benzene rings is 1. The Hall–Kier alpha value is -2.12. The molecule has 2 heterocycles. The highest BCUT2D eigenvalue weighted by Crippen LogP contribution is 2.24. The number of halogens is 2. The quantitative estimate of drug-likeness (QED) is 0.867. The van der Waals surface area contributed by atoms with E-state index >= 15 is 0 Å². The first-order chi connectivity index (χ1) is 11.9. The summed E-state index contributed by atoms with van der Waals surface area (Å²) >= 11 is 12.0. The summed E-state index contributed by atoms with van der Waals surface area (Å²) in [4.78, 5) is 42.1. The number of hydrogen-bond donors (Lipinski definition) is 1. The Labute approximate surface area is 153 Å². The second kappa shape index (κ2) is 7.01. The number of carbonyl (C=O) groups is 2. The van der Waals surface area contributed by atoms with Crippen LogP contribution in [0.1, 0.15) is 12.8 Å². The first-order valence-electron chi connectivity index (χ1n) is 7.78. The lowest BCUT2D eigenvalue weighted by Crippen LogP contribution is -2.45. The van der Waals surface area contributed by atoms with Gasteiger partial charge in [-0.05, 0) is 25.0 Å². The van der Waals surface area contributed by atoms with Gasteiger partial charge in [-0.15, -0.1) is 0 Å². The first kappa shape index (κ1) is 17.7. The number of nitrogens with two attached hydrogens (primary N) is 1. The van der Waals surface area contributed by atoms with Crippen LogP contribution in [0.5, 0.6) is 0 Å². The number of amides is 2. The minimum atomic E-state index is -0.411. The predicted molar refractivity (Wildman–Crippen MR) is 94.5 cm³/mol. The molecule has 0 aliphatic carbocycles. The van der Waals surface area contributed by atoms with E-state index in [1.165, 1.54) is 23.0 Å². The zero-order valence-electron chi connectivity index (χ0n) is 13.2. The van der Waals surface area contributed by atoms with Crippen LogP contribution in [-0.4, -0.2) is 39.4 Å². The van der Waals surface area contributed by atoms with Gasteiger partial charge in [-0.25, -0.2) is 4.98 Å². The third-order valence-corrected chi connectivity index (χ3v) is 4.83. The van der Waals surface area contributed by atoms with Gasteiger partial charge in [0.15, 0.2) is 0 Å². The molecule has 1 unspecified atom stereocenters. The van der Waals surface area contributed by atoms with Gasteiger partial charge in [0.1, 0.15) is 6.54 Å². The Morgan fingerprint density at radius 3 is 2.80 bits per heavy atom. The van der Waals surface area contributed by atoms with E-state index in [9.17, 15) is 14.4 Å². The molecule has 2 N–H and O–H groups in total. The number of aromatic nitrogens is 2. The molecule has 0 radical (unpaired) electrons. The lowest BCUT2D eigenvalue weighted by Gasteiger charge is -2.31. The molecule has 7 nitrogen and oxygen atoms in total. The van der Waals surface area contributed by atoms with E-state index in [0.29, 0.717) is 29.9 Å². The molecule has 1 aromatic heterocycles. The van der Waals surface area contributed by atoms with Crippen LogP contribution in [-0.2, 0) is 16.1 Å². The molecule has 1 aliphatic heterocycles. The van der Waals surface area contributed by atoms with E-state index in [0.717, 1.165) is 0 Å². The van der Waals surface area contributed by atoms with Crippen molar-refractivity contribution in [3.63, 3.8) is 0 Å². The minimum Gasteiger partial charge on any atom is -0.369 e. The third kappa shape index (κ3) is 3.62. The molecule has 3 rings (SSSR count). The second-order valence-corrected chi connectivity index (χ2v) is 6.89. The second-order valence-electron chi connectivity index (χ2n) is 6.04. The molecule has 0 bridgehead atoms. The monoisotopic (exact) mass is 382 g/mol. The molecule has 132 valence electrons. The van der Waals surface area contributed by atoms with Crippen LogP contribution in [0.25, 0.3) is 10.9 Å². The molecule has 1 atom stereocenters. The molecule has 1 aliphatic rings. The van der Waals surface area contributed by atoms with Gasteiger partial charge < -0.3 is 10.6 Å². The maximum atomic E-state index is 12.6. The summed E-state index contributed by atoms with van der Waals surface area (Å²) in [6.07, 6.45) is 2.67. The molecule has 1 fully saturated rings. The van der Waals surface area contributed by atoms with E-state index in [2.05, 4.69) is 4.98 Å². The van der Waals surface area contributed by atoms with Crippen LogP contribution in [0.15, 0.2) is 23.3 Å². The van der Waals surface area contributed by atoms with Crippen molar-refractivity contribution >= 4 is 45.9 Å². The fraction of sp³-hybridized carbons (Fsp3) is 0.375. The average molecular weight is 383 g/mol. The van der Waals surface area contributed by atoms with Crippen molar-refractivity contribution < 1.29 is 9.59 Å². The largest absolute Gasteiger partial charge is 0.369 e. The van der Waals surface area contributed by atoms with Crippen LogP contribution >= 0.6 is 23.2 Å². The van der Waals surface area contributed by atoms with Gasteiger partial charge in [0.05, 0.1) is 28.2 Å². The van der Waals surface area contributed by atoms with E-state index < -0.39 is 11.5 Å². The van der Waals surface area contributed by atoms with Crippen LogP contribution in [0.2, 0.25) is 10.0 Å². The van der Waals surface area contributed by atoms with Gasteiger partial charge in [-0.2, -0.15) is 0 Å². The Morgan fingerprint density at radius 1 is 1.32 bits per heavy atom. The van der Waals surface area contributed by atoms with Gasteiger partial charge in [0.2, 0.25) is 11.8 Å². The standard InChI is InChI=1S/C16H16Cl2N4O3/c17-10-4-11-14(12(18)5-10)20-8-22(16(11)25)7-13(23)21-3-1-2-9(6-21)15(19)24/h4-5,8-9H,1-3,6-7H2,(H2,19,24). The number of nitrogens with zero attached hydrogens (tertiary/aromatic N) is 3. The molecular formula is C16H16Cl2N4O3. The zero-order valence-corrected chi connectivity index (χ0v) is 14.8. The summed E-state index contributed by atoms with van der Waals surface area (Å²) in [6.45, 7) is 0.648. The van der Waals surface area contributed by atoms with Crippen LogP contribution < -0.4 is 11.3 Å². The van der Waals surface area contributed by atoms with E-state index in [-0.39, 0.29) is 35.3 Å². The Balaban J connectivity index is 1.85. The molecule has 2 amide bonds. The minimum absolute atomic E-state index is 0.169. The van der Waals surface area contributed by atoms with Gasteiger partial charge in [0, 0.05) is 18.1 Å². The van der Waals surface area contributed by atoms with Crippen molar-refractivity contribution in [3.05, 3.63) is 38.9 Å². The number of fused-ring (bicyclic) bond motifs is 1. The molecule has 0 spiro atoms. The summed E-state index contributed by atoms with van der Waals surface area (Å²) in [5.74, 6) is -1.02. The Kier molecular flexibility index (Phi) is 4.96. The van der Waals surface area contributed by atoms with Crippen molar-refractivity contribution in [1.29, 1.82) is 0 Å². The lowest BCUT2D eigenvalue weighted by atomic mass is 9.97. The fourth-order valence-electron chi connectivity index (χ4n) is 2.99. The van der Waals surface area contributed by atoms with Crippen molar-refractivity contribution in [2.45, 2.75) is 19.4 Å². The van der Waals surface area contributed by atoms with E-state index in [1.54, 1.807) is 4.90 Å². The maximum Gasteiger partial charge on any atom is 0.261 e. The molecule has 1 aromatic carbocycles. The maximum absolute atomic E-state index is 12.6. The van der Waals surface area contributed by atoms with Crippen molar-refractivity contribution in [2.75, 3.05) is 13.1 Å². The van der Waals surface area contributed by atoms with Gasteiger partial charge in [-0.3, -0.25) is 19.0 Å². The van der Waals surface area contributed by atoms with Gasteiger partial charge in [-0.1, -0.05) is 23.2 Å². The highest BCUT2D eigenvalue weighted by Gasteiger charge is 2.27. The van der Waals surface area contributed by atoms with Crippen molar-refractivity contribution in [2.24, 2.45) is 11.7 Å². The fourth-order valence-corrected chi connectivity index (χ4v) is 3.53. The van der Waals surface area contributed by atoms with Crippen LogP contribution in [0.3, 0.4) is 0 Å². The lowest BCUT2D eigenvalue weighted by molar-refractivity contribution is -0.135. The summed E-state index contributed by atoms with van der Waals surface area (Å²) in [5.41, 5.74) is 5.27. The summed E-state index contributed by atoms with van der Waals surface area (Å²) in [5, 5.41) is 0.848. The number of carbonyl (C=O) groups excluding carboxylic acids is 2. The number of rotatable bonds is 3. The third-order valence-electron chi connectivity index (χ3n) is 4.33. The summed E-state index contributed by atoms with van der Waals surface area (Å²) < 4.78 is 1.21. The van der Waals surface area contributed by atoms with E-state index in [4.69, 9.17) is 28.9 Å². The molecule has 0 saturated carbocycles. The Bertz CT molecular complexity index is 912. The first-order valence-corrected chi connectivity index (χ1v) is 8.53. The summed E-state index contributed by atoms with van der Waals surface area (Å²) in [6, 6.07) is 2.98. The van der Waals surface area contributed by atoms with Crippen molar-refractivity contribution in [1.82, 2.24) is 14.5 Å². The smallest absolute Gasteiger partial charge is 0.261 e. The molecular weight excluding hydrogens is 367 g/mol. The van der Waals surface area contributed by atoms with E-state index in [1.807, 2.05) is 0 Å². The average Bonchev–Trinajstić information content (AvgIpc) is 2.57. The topological polar surface area (TPSA) is 98.3 Å². The number of primary amides is 1. The van der Waals surface area contributed by atoms with Gasteiger partial charge >= 0.3 is 0 Å². The van der Waals surface area contributed by atoms with Crippen molar-refractivity contribution in [3.8, 4) is 0 Å².